The number of rotatable bonds is 5. The molecule has 0 aromatic heterocycles. The number of carbonyl (C=O) groups is 1. The average Bonchev–Trinajstić information content (AvgIpc) is 2.36. The maximum absolute atomic E-state index is 11.7. The molecule has 112 valence electrons. The van der Waals surface area contributed by atoms with Crippen molar-refractivity contribution in [2.75, 3.05) is 13.7 Å². The van der Waals surface area contributed by atoms with Crippen LogP contribution < -0.4 is 15.4 Å². The van der Waals surface area contributed by atoms with Crippen molar-refractivity contribution in [3.05, 3.63) is 29.3 Å². The summed E-state index contributed by atoms with van der Waals surface area (Å²) in [7, 11) is 1.67. The van der Waals surface area contributed by atoms with Gasteiger partial charge in [0.2, 0.25) is 0 Å². The van der Waals surface area contributed by atoms with Crippen LogP contribution in [0.4, 0.5) is 4.79 Å². The normalized spacial score (nSPS) is 11.1. The van der Waals surface area contributed by atoms with Crippen LogP contribution in [0, 0.1) is 0 Å². The van der Waals surface area contributed by atoms with Gasteiger partial charge in [-0.2, -0.15) is 0 Å². The Morgan fingerprint density at radius 3 is 2.55 bits per heavy atom. The molecule has 0 fully saturated rings. The third-order valence-corrected chi connectivity index (χ3v) is 2.92. The smallest absolute Gasteiger partial charge is 0.315 e. The van der Waals surface area contributed by atoms with Crippen molar-refractivity contribution >= 4 is 6.03 Å². The van der Waals surface area contributed by atoms with Gasteiger partial charge in [0.25, 0.3) is 0 Å². The third-order valence-electron chi connectivity index (χ3n) is 2.92. The van der Waals surface area contributed by atoms with E-state index < -0.39 is 0 Å². The van der Waals surface area contributed by atoms with Crippen molar-refractivity contribution in [3.8, 4) is 5.75 Å². The van der Waals surface area contributed by atoms with Gasteiger partial charge in [-0.1, -0.05) is 19.1 Å². The second-order valence-corrected chi connectivity index (χ2v) is 5.88. The summed E-state index contributed by atoms with van der Waals surface area (Å²) in [5.74, 6) is 0.875. The molecule has 0 heterocycles. The Kier molecular flexibility index (Phi) is 5.86. The first kappa shape index (κ1) is 16.3. The standard InChI is InChI=1S/C16H26N2O2/c1-6-12-7-8-14(20-5)13(11-12)9-10-17-15(19)18-16(2,3)4/h7-8,11H,6,9-10H2,1-5H3,(H2,17,18,19). The molecule has 2 amide bonds. The minimum Gasteiger partial charge on any atom is -0.496 e. The summed E-state index contributed by atoms with van der Waals surface area (Å²) in [5.41, 5.74) is 2.19. The minimum atomic E-state index is -0.218. The first-order valence-electron chi connectivity index (χ1n) is 7.07. The van der Waals surface area contributed by atoms with Gasteiger partial charge in [-0.15, -0.1) is 0 Å². The number of aryl methyl sites for hydroxylation is 1. The number of ether oxygens (including phenoxy) is 1. The number of urea groups is 1. The number of hydrogen-bond acceptors (Lipinski definition) is 2. The fourth-order valence-corrected chi connectivity index (χ4v) is 1.94. The largest absolute Gasteiger partial charge is 0.496 e. The summed E-state index contributed by atoms with van der Waals surface area (Å²) in [6.07, 6.45) is 1.75. The molecule has 0 aliphatic rings. The van der Waals surface area contributed by atoms with Crippen molar-refractivity contribution in [2.45, 2.75) is 46.1 Å². The van der Waals surface area contributed by atoms with Crippen molar-refractivity contribution in [3.63, 3.8) is 0 Å². The van der Waals surface area contributed by atoms with E-state index in [2.05, 4.69) is 29.7 Å². The molecular formula is C16H26N2O2. The Morgan fingerprint density at radius 2 is 2.00 bits per heavy atom. The highest BCUT2D eigenvalue weighted by atomic mass is 16.5. The van der Waals surface area contributed by atoms with Crippen molar-refractivity contribution in [1.82, 2.24) is 10.6 Å². The molecule has 20 heavy (non-hydrogen) atoms. The van der Waals surface area contributed by atoms with E-state index in [1.807, 2.05) is 26.8 Å². The number of nitrogens with one attached hydrogen (secondary N) is 2. The Labute approximate surface area is 121 Å². The molecule has 0 aliphatic heterocycles. The molecule has 1 rings (SSSR count). The fourth-order valence-electron chi connectivity index (χ4n) is 1.94. The lowest BCUT2D eigenvalue weighted by Crippen LogP contribution is -2.46. The molecule has 0 radical (unpaired) electrons. The Hall–Kier alpha value is -1.71. The molecule has 2 N–H and O–H groups in total. The lowest BCUT2D eigenvalue weighted by Gasteiger charge is -2.20. The topological polar surface area (TPSA) is 50.4 Å². The lowest BCUT2D eigenvalue weighted by atomic mass is 10.1. The Morgan fingerprint density at radius 1 is 1.30 bits per heavy atom. The molecule has 0 saturated carbocycles. The summed E-state index contributed by atoms with van der Waals surface area (Å²) in [4.78, 5) is 11.7. The summed E-state index contributed by atoms with van der Waals surface area (Å²) < 4.78 is 5.35. The number of carbonyl (C=O) groups excluding carboxylic acids is 1. The highest BCUT2D eigenvalue weighted by Gasteiger charge is 2.13. The molecule has 0 aliphatic carbocycles. The van der Waals surface area contributed by atoms with Gasteiger partial charge in [0.05, 0.1) is 7.11 Å². The Balaban J connectivity index is 2.55. The van der Waals surface area contributed by atoms with E-state index in [-0.39, 0.29) is 11.6 Å². The molecule has 0 bridgehead atoms. The molecular weight excluding hydrogens is 252 g/mol. The molecule has 1 aromatic rings. The minimum absolute atomic E-state index is 0.136. The van der Waals surface area contributed by atoms with E-state index in [1.54, 1.807) is 7.11 Å². The van der Waals surface area contributed by atoms with E-state index in [1.165, 1.54) is 5.56 Å². The number of hydrogen-bond donors (Lipinski definition) is 2. The van der Waals surface area contributed by atoms with Crippen molar-refractivity contribution < 1.29 is 9.53 Å². The zero-order chi connectivity index (χ0) is 15.2. The third kappa shape index (κ3) is 5.51. The lowest BCUT2D eigenvalue weighted by molar-refractivity contribution is 0.232. The highest BCUT2D eigenvalue weighted by molar-refractivity contribution is 5.74. The monoisotopic (exact) mass is 278 g/mol. The first-order chi connectivity index (χ1) is 9.35. The van der Waals surface area contributed by atoms with Crippen molar-refractivity contribution in [1.29, 1.82) is 0 Å². The summed E-state index contributed by atoms with van der Waals surface area (Å²) >= 11 is 0. The van der Waals surface area contributed by atoms with Crippen LogP contribution in [-0.4, -0.2) is 25.2 Å². The first-order valence-corrected chi connectivity index (χ1v) is 7.07. The summed E-state index contributed by atoms with van der Waals surface area (Å²) in [6, 6.07) is 6.07. The van der Waals surface area contributed by atoms with E-state index in [0.29, 0.717) is 6.54 Å². The number of amides is 2. The van der Waals surface area contributed by atoms with Crippen LogP contribution in [-0.2, 0) is 12.8 Å². The van der Waals surface area contributed by atoms with Crippen LogP contribution in [0.15, 0.2) is 18.2 Å². The molecule has 1 aromatic carbocycles. The molecule has 0 saturated heterocycles. The van der Waals surface area contributed by atoms with Gasteiger partial charge in [-0.25, -0.2) is 4.79 Å². The van der Waals surface area contributed by atoms with Gasteiger partial charge in [0.15, 0.2) is 0 Å². The van der Waals surface area contributed by atoms with Crippen molar-refractivity contribution in [2.24, 2.45) is 0 Å². The van der Waals surface area contributed by atoms with E-state index in [4.69, 9.17) is 4.74 Å². The van der Waals surface area contributed by atoms with Crippen LogP contribution in [0.3, 0.4) is 0 Å². The fraction of sp³-hybridized carbons (Fsp3) is 0.562. The molecule has 0 unspecified atom stereocenters. The molecule has 0 atom stereocenters. The second-order valence-electron chi connectivity index (χ2n) is 5.88. The summed E-state index contributed by atoms with van der Waals surface area (Å²) in [6.45, 7) is 8.59. The maximum Gasteiger partial charge on any atom is 0.315 e. The molecule has 4 heteroatoms. The maximum atomic E-state index is 11.7. The van der Waals surface area contributed by atoms with Gasteiger partial charge in [-0.3, -0.25) is 0 Å². The second kappa shape index (κ2) is 7.17. The van der Waals surface area contributed by atoms with Crippen LogP contribution in [0.5, 0.6) is 5.75 Å². The quantitative estimate of drug-likeness (QED) is 0.870. The average molecular weight is 278 g/mol. The highest BCUT2D eigenvalue weighted by Crippen LogP contribution is 2.20. The zero-order valence-corrected chi connectivity index (χ0v) is 13.2. The Bertz CT molecular complexity index is 450. The van der Waals surface area contributed by atoms with Gasteiger partial charge in [-0.05, 0) is 50.8 Å². The molecule has 0 spiro atoms. The van der Waals surface area contributed by atoms with Gasteiger partial charge in [0, 0.05) is 12.1 Å². The van der Waals surface area contributed by atoms with Gasteiger partial charge >= 0.3 is 6.03 Å². The number of benzene rings is 1. The van der Waals surface area contributed by atoms with Gasteiger partial charge < -0.3 is 15.4 Å². The SMILES string of the molecule is CCc1ccc(OC)c(CCNC(=O)NC(C)(C)C)c1. The predicted octanol–water partition coefficient (Wildman–Crippen LogP) is 2.90. The van der Waals surface area contributed by atoms with Gasteiger partial charge in [0.1, 0.15) is 5.75 Å². The summed E-state index contributed by atoms with van der Waals surface area (Å²) in [5, 5.41) is 5.75. The zero-order valence-electron chi connectivity index (χ0n) is 13.2. The van der Waals surface area contributed by atoms with Crippen LogP contribution in [0.2, 0.25) is 0 Å². The van der Waals surface area contributed by atoms with E-state index in [0.717, 1.165) is 24.2 Å². The van der Waals surface area contributed by atoms with E-state index in [9.17, 15) is 4.79 Å². The van der Waals surface area contributed by atoms with Crippen LogP contribution >= 0.6 is 0 Å². The van der Waals surface area contributed by atoms with Crippen LogP contribution in [0.25, 0.3) is 0 Å². The van der Waals surface area contributed by atoms with E-state index >= 15 is 0 Å². The number of methoxy groups -OCH3 is 1. The molecule has 4 nitrogen and oxygen atoms in total. The van der Waals surface area contributed by atoms with Crippen LogP contribution in [0.1, 0.15) is 38.8 Å². The predicted molar refractivity (Wildman–Crippen MR) is 82.4 cm³/mol.